The maximum absolute atomic E-state index is 12.9. The molecule has 3 N–H and O–H groups in total. The summed E-state index contributed by atoms with van der Waals surface area (Å²) < 4.78 is 38.8. The van der Waals surface area contributed by atoms with Gasteiger partial charge in [0.1, 0.15) is 0 Å². The minimum Gasteiger partial charge on any atom is -0.384 e. The van der Waals surface area contributed by atoms with Gasteiger partial charge in [-0.3, -0.25) is 4.79 Å². The fourth-order valence-corrected chi connectivity index (χ4v) is 5.28. The molecule has 0 saturated heterocycles. The fraction of sp³-hybridized carbons (Fsp3) is 0.407. The van der Waals surface area contributed by atoms with Gasteiger partial charge in [-0.05, 0) is 48.4 Å². The van der Waals surface area contributed by atoms with Gasteiger partial charge in [0.15, 0.2) is 5.13 Å². The third kappa shape index (κ3) is 6.96. The van der Waals surface area contributed by atoms with Crippen molar-refractivity contribution >= 4 is 45.2 Å². The van der Waals surface area contributed by atoms with Crippen LogP contribution in [0.2, 0.25) is 5.02 Å². The lowest BCUT2D eigenvalue weighted by molar-refractivity contribution is -0.175. The molecule has 1 atom stereocenters. The van der Waals surface area contributed by atoms with Crippen molar-refractivity contribution in [2.24, 2.45) is 11.8 Å². The van der Waals surface area contributed by atoms with E-state index < -0.39 is 17.9 Å². The van der Waals surface area contributed by atoms with E-state index in [1.807, 2.05) is 29.6 Å². The number of Topliss-reactive ketones (excluding diaryl/α,β-unsaturated/α-hetero) is 1. The smallest absolute Gasteiger partial charge is 0.384 e. The number of alkyl halides is 3. The highest BCUT2D eigenvalue weighted by molar-refractivity contribution is 7.14. The number of carbonyl (C=O) groups is 1. The van der Waals surface area contributed by atoms with E-state index in [9.17, 15) is 18.0 Å². The molecule has 1 aromatic heterocycles. The van der Waals surface area contributed by atoms with Gasteiger partial charge in [-0.1, -0.05) is 49.7 Å². The van der Waals surface area contributed by atoms with E-state index in [0.717, 1.165) is 40.5 Å². The number of thiazole rings is 1. The predicted molar refractivity (Wildman–Crippen MR) is 146 cm³/mol. The maximum Gasteiger partial charge on any atom is 0.450 e. The van der Waals surface area contributed by atoms with Crippen LogP contribution >= 0.6 is 22.9 Å². The predicted octanol–water partition coefficient (Wildman–Crippen LogP) is 7.64. The van der Waals surface area contributed by atoms with Crippen molar-refractivity contribution in [2.45, 2.75) is 45.8 Å². The third-order valence-electron chi connectivity index (χ3n) is 6.42. The molecule has 198 valence electrons. The zero-order valence-corrected chi connectivity index (χ0v) is 22.3. The van der Waals surface area contributed by atoms with Crippen LogP contribution in [0.5, 0.6) is 0 Å². The van der Waals surface area contributed by atoms with Gasteiger partial charge in [0.25, 0.3) is 0 Å². The zero-order valence-electron chi connectivity index (χ0n) is 20.7. The molecule has 3 aromatic rings. The van der Waals surface area contributed by atoms with Crippen molar-refractivity contribution in [3.8, 4) is 11.3 Å². The number of hydrogen-bond acceptors (Lipinski definition) is 6. The highest BCUT2D eigenvalue weighted by atomic mass is 35.5. The highest BCUT2D eigenvalue weighted by Gasteiger charge is 2.43. The van der Waals surface area contributed by atoms with E-state index in [1.54, 1.807) is 23.5 Å². The molecular weight excluding hydrogens is 521 g/mol. The summed E-state index contributed by atoms with van der Waals surface area (Å²) in [6.07, 6.45) is -3.33. The first-order chi connectivity index (χ1) is 17.6. The van der Waals surface area contributed by atoms with Gasteiger partial charge in [-0.2, -0.15) is 13.2 Å². The Bertz CT molecular complexity index is 1230. The van der Waals surface area contributed by atoms with Gasteiger partial charge in [0.2, 0.25) is 5.78 Å². The van der Waals surface area contributed by atoms with Crippen LogP contribution < -0.4 is 16.0 Å². The Balaban J connectivity index is 1.40. The normalized spacial score (nSPS) is 15.6. The number of fused-ring (bicyclic) bond motifs is 1. The van der Waals surface area contributed by atoms with Crippen molar-refractivity contribution in [1.82, 2.24) is 4.98 Å². The molecule has 1 aliphatic heterocycles. The molecule has 1 unspecified atom stereocenters. The molecular formula is C27H30ClF3N4OS. The first kappa shape index (κ1) is 27.3. The number of halogens is 4. The largest absolute Gasteiger partial charge is 0.450 e. The summed E-state index contributed by atoms with van der Waals surface area (Å²) >= 11 is 8.05. The molecule has 5 nitrogen and oxygen atoms in total. The molecule has 2 heterocycles. The molecule has 37 heavy (non-hydrogen) atoms. The van der Waals surface area contributed by atoms with Crippen LogP contribution in [0.25, 0.3) is 11.3 Å². The lowest BCUT2D eigenvalue weighted by Crippen LogP contribution is -2.34. The summed E-state index contributed by atoms with van der Waals surface area (Å²) in [7, 11) is 0. The quantitative estimate of drug-likeness (QED) is 0.255. The molecule has 0 radical (unpaired) electrons. The van der Waals surface area contributed by atoms with Crippen LogP contribution in [0.3, 0.4) is 0 Å². The van der Waals surface area contributed by atoms with Crippen LogP contribution in [0.4, 0.5) is 29.7 Å². The van der Waals surface area contributed by atoms with E-state index in [2.05, 4.69) is 34.8 Å². The van der Waals surface area contributed by atoms with Gasteiger partial charge in [-0.15, -0.1) is 11.3 Å². The van der Waals surface area contributed by atoms with Crippen LogP contribution in [0.15, 0.2) is 41.8 Å². The summed E-state index contributed by atoms with van der Waals surface area (Å²) in [5.41, 5.74) is 5.12. The zero-order chi connectivity index (χ0) is 26.6. The van der Waals surface area contributed by atoms with Crippen LogP contribution in [-0.2, 0) is 17.8 Å². The minimum atomic E-state index is -4.84. The molecule has 4 rings (SSSR count). The van der Waals surface area contributed by atoms with E-state index in [4.69, 9.17) is 11.6 Å². The lowest BCUT2D eigenvalue weighted by atomic mass is 9.96. The van der Waals surface area contributed by atoms with Gasteiger partial charge < -0.3 is 16.0 Å². The van der Waals surface area contributed by atoms with Crippen molar-refractivity contribution < 1.29 is 18.0 Å². The molecule has 0 amide bonds. The van der Waals surface area contributed by atoms with Gasteiger partial charge in [0, 0.05) is 42.2 Å². The second-order valence-electron chi connectivity index (χ2n) is 9.62. The molecule has 1 aliphatic rings. The van der Waals surface area contributed by atoms with Crippen molar-refractivity contribution in [3.05, 3.63) is 57.9 Å². The van der Waals surface area contributed by atoms with Gasteiger partial charge in [0.05, 0.1) is 16.4 Å². The van der Waals surface area contributed by atoms with Crippen molar-refractivity contribution in [3.63, 3.8) is 0 Å². The summed E-state index contributed by atoms with van der Waals surface area (Å²) in [5.74, 6) is -2.17. The Morgan fingerprint density at radius 2 is 1.95 bits per heavy atom. The van der Waals surface area contributed by atoms with Crippen LogP contribution in [0, 0.1) is 11.8 Å². The Morgan fingerprint density at radius 3 is 2.65 bits per heavy atom. The molecule has 2 aromatic carbocycles. The Hall–Kier alpha value is -2.78. The van der Waals surface area contributed by atoms with Crippen molar-refractivity contribution in [2.75, 3.05) is 29.0 Å². The van der Waals surface area contributed by atoms with E-state index in [-0.39, 0.29) is 13.0 Å². The second-order valence-corrected chi connectivity index (χ2v) is 10.9. The van der Waals surface area contributed by atoms with Crippen molar-refractivity contribution in [1.29, 1.82) is 0 Å². The monoisotopic (exact) mass is 550 g/mol. The number of benzene rings is 2. The Kier molecular flexibility index (Phi) is 8.64. The number of nitrogens with zero attached hydrogens (tertiary/aromatic N) is 1. The average Bonchev–Trinajstić information content (AvgIpc) is 3.21. The Labute approximate surface area is 223 Å². The maximum atomic E-state index is 12.9. The SMILES string of the molecule is CC(C)CCNc1nc(-c2ccc(CNc3c(Cl)ccc4c3CCC(C(=O)C(F)(F)F)CN4)cc2)cs1. The second kappa shape index (κ2) is 11.7. The minimum absolute atomic E-state index is 0.0561. The summed E-state index contributed by atoms with van der Waals surface area (Å²) in [4.78, 5) is 16.5. The first-order valence-corrected chi connectivity index (χ1v) is 13.6. The first-order valence-electron chi connectivity index (χ1n) is 12.3. The number of carbonyl (C=O) groups excluding carboxylic acids is 1. The highest BCUT2D eigenvalue weighted by Crippen LogP contribution is 2.37. The number of aromatic nitrogens is 1. The number of hydrogen-bond donors (Lipinski definition) is 3. The van der Waals surface area contributed by atoms with E-state index in [1.165, 1.54) is 0 Å². The molecule has 0 aliphatic carbocycles. The summed E-state index contributed by atoms with van der Waals surface area (Å²) in [6, 6.07) is 11.5. The summed E-state index contributed by atoms with van der Waals surface area (Å²) in [5, 5.41) is 13.2. The number of ketones is 1. The summed E-state index contributed by atoms with van der Waals surface area (Å²) in [6.45, 7) is 5.72. The van der Waals surface area contributed by atoms with Crippen LogP contribution in [0.1, 0.15) is 37.8 Å². The topological polar surface area (TPSA) is 66.0 Å². The van der Waals surface area contributed by atoms with E-state index in [0.29, 0.717) is 35.3 Å². The third-order valence-corrected chi connectivity index (χ3v) is 7.53. The van der Waals surface area contributed by atoms with Gasteiger partial charge in [-0.25, -0.2) is 4.98 Å². The molecule has 10 heteroatoms. The lowest BCUT2D eigenvalue weighted by Gasteiger charge is -2.17. The molecule has 0 bridgehead atoms. The average molecular weight is 551 g/mol. The van der Waals surface area contributed by atoms with E-state index >= 15 is 0 Å². The molecule has 0 saturated carbocycles. The number of rotatable bonds is 9. The Morgan fingerprint density at radius 1 is 1.19 bits per heavy atom. The standard InChI is InChI=1S/C27H30ClF3N4OS/c1-16(2)11-12-32-26-35-23(15-37-26)18-5-3-17(4-6-18)13-34-24-20-8-7-19(25(36)27(29,30)31)14-33-22(20)10-9-21(24)28/h3-6,9-10,15-16,19,33-34H,7-8,11-14H2,1-2H3,(H,32,35). The molecule has 0 fully saturated rings. The van der Waals surface area contributed by atoms with Crippen LogP contribution in [-0.4, -0.2) is 30.0 Å². The fourth-order valence-electron chi connectivity index (χ4n) is 4.28. The number of anilines is 3. The van der Waals surface area contributed by atoms with Gasteiger partial charge >= 0.3 is 6.18 Å². The number of nitrogens with one attached hydrogen (secondary N) is 3. The molecule has 0 spiro atoms.